The van der Waals surface area contributed by atoms with Gasteiger partial charge in [0, 0.05) is 15.5 Å². The first-order valence-electron chi connectivity index (χ1n) is 6.99. The summed E-state index contributed by atoms with van der Waals surface area (Å²) in [5, 5.41) is 3.41. The van der Waals surface area contributed by atoms with Gasteiger partial charge in [-0.05, 0) is 81.5 Å². The molecule has 1 aromatic carbocycles. The maximum absolute atomic E-state index is 13.3. The van der Waals surface area contributed by atoms with Crippen molar-refractivity contribution in [2.45, 2.75) is 51.4 Å². The molecule has 0 aromatic heterocycles. The fourth-order valence-electron chi connectivity index (χ4n) is 3.45. The highest BCUT2D eigenvalue weighted by molar-refractivity contribution is 14.1. The predicted molar refractivity (Wildman–Crippen MR) is 88.3 cm³/mol. The van der Waals surface area contributed by atoms with Crippen LogP contribution in [0.25, 0.3) is 0 Å². The van der Waals surface area contributed by atoms with E-state index in [-0.39, 0.29) is 23.1 Å². The highest BCUT2D eigenvalue weighted by atomic mass is 127. The molecule has 1 saturated heterocycles. The largest absolute Gasteiger partial charge is 0.369 e. The summed E-state index contributed by atoms with van der Waals surface area (Å²) in [5.41, 5.74) is 0.831. The van der Waals surface area contributed by atoms with Crippen molar-refractivity contribution >= 4 is 22.6 Å². The van der Waals surface area contributed by atoms with Crippen molar-refractivity contribution in [1.82, 2.24) is 5.32 Å². The van der Waals surface area contributed by atoms with Crippen molar-refractivity contribution < 1.29 is 9.13 Å². The zero-order valence-corrected chi connectivity index (χ0v) is 14.9. The van der Waals surface area contributed by atoms with Gasteiger partial charge in [-0.15, -0.1) is 0 Å². The van der Waals surface area contributed by atoms with Gasteiger partial charge in [0.2, 0.25) is 0 Å². The minimum atomic E-state index is -0.200. The van der Waals surface area contributed by atoms with E-state index >= 15 is 0 Å². The molecule has 0 aliphatic carbocycles. The predicted octanol–water partition coefficient (Wildman–Crippen LogP) is 4.28. The van der Waals surface area contributed by atoms with E-state index < -0.39 is 0 Å². The van der Waals surface area contributed by atoms with E-state index in [0.29, 0.717) is 5.92 Å². The number of halogens is 2. The van der Waals surface area contributed by atoms with Gasteiger partial charge in [0.15, 0.2) is 0 Å². The Hall–Kier alpha value is -0.200. The van der Waals surface area contributed by atoms with Crippen LogP contribution < -0.4 is 5.32 Å². The Morgan fingerprint density at radius 2 is 2.00 bits per heavy atom. The summed E-state index contributed by atoms with van der Waals surface area (Å²) >= 11 is 2.21. The second-order valence-electron chi connectivity index (χ2n) is 6.71. The molecular weight excluding hydrogens is 368 g/mol. The van der Waals surface area contributed by atoms with Gasteiger partial charge in [-0.3, -0.25) is 0 Å². The molecular formula is C16H23FINO. The quantitative estimate of drug-likeness (QED) is 0.777. The number of nitrogens with one attached hydrogen (secondary N) is 1. The highest BCUT2D eigenvalue weighted by Gasteiger charge is 2.49. The van der Waals surface area contributed by atoms with Crippen molar-refractivity contribution in [2.24, 2.45) is 5.92 Å². The second-order valence-corrected chi connectivity index (χ2v) is 7.87. The molecule has 4 heteroatoms. The summed E-state index contributed by atoms with van der Waals surface area (Å²) in [4.78, 5) is 0. The van der Waals surface area contributed by atoms with E-state index in [1.54, 1.807) is 6.07 Å². The summed E-state index contributed by atoms with van der Waals surface area (Å²) in [6, 6.07) is 5.18. The third-order valence-electron chi connectivity index (χ3n) is 4.15. The molecule has 1 aromatic rings. The number of hydrogen-bond donors (Lipinski definition) is 1. The summed E-state index contributed by atoms with van der Waals surface area (Å²) in [7, 11) is 1.96. The van der Waals surface area contributed by atoms with Gasteiger partial charge in [-0.25, -0.2) is 4.39 Å². The number of rotatable bonds is 3. The Morgan fingerprint density at radius 3 is 2.45 bits per heavy atom. The molecule has 0 spiro atoms. The lowest BCUT2D eigenvalue weighted by Gasteiger charge is -2.33. The molecule has 2 rings (SSSR count). The van der Waals surface area contributed by atoms with Crippen LogP contribution in [-0.2, 0) is 4.74 Å². The maximum atomic E-state index is 13.3. The lowest BCUT2D eigenvalue weighted by Crippen LogP contribution is -2.37. The number of ether oxygens (including phenoxy) is 1. The average molecular weight is 391 g/mol. The van der Waals surface area contributed by atoms with E-state index in [1.165, 1.54) is 6.07 Å². The molecule has 1 aliphatic rings. The van der Waals surface area contributed by atoms with Crippen LogP contribution in [0.15, 0.2) is 18.2 Å². The van der Waals surface area contributed by atoms with Gasteiger partial charge in [0.05, 0.1) is 11.2 Å². The molecule has 0 bridgehead atoms. The van der Waals surface area contributed by atoms with Gasteiger partial charge < -0.3 is 10.1 Å². The molecule has 1 fully saturated rings. The standard InChI is InChI=1S/C16H23FINO/c1-15(2)9-12(16(3,4)20-15)14(19-5)11-7-6-10(17)8-13(11)18/h6-8,12,14,19H,9H2,1-5H3. The van der Waals surface area contributed by atoms with E-state index in [1.807, 2.05) is 13.1 Å². The minimum Gasteiger partial charge on any atom is -0.369 e. The van der Waals surface area contributed by atoms with Gasteiger partial charge in [-0.2, -0.15) is 0 Å². The molecule has 20 heavy (non-hydrogen) atoms. The number of benzene rings is 1. The zero-order chi connectivity index (χ0) is 15.1. The molecule has 1 heterocycles. The van der Waals surface area contributed by atoms with E-state index in [9.17, 15) is 4.39 Å². The molecule has 2 unspecified atom stereocenters. The van der Waals surface area contributed by atoms with Crippen LogP contribution in [0.5, 0.6) is 0 Å². The molecule has 0 amide bonds. The van der Waals surface area contributed by atoms with E-state index in [4.69, 9.17) is 4.74 Å². The van der Waals surface area contributed by atoms with Crippen LogP contribution in [0.4, 0.5) is 4.39 Å². The van der Waals surface area contributed by atoms with Gasteiger partial charge in [0.25, 0.3) is 0 Å². The lowest BCUT2D eigenvalue weighted by atomic mass is 9.79. The van der Waals surface area contributed by atoms with Crippen molar-refractivity contribution in [3.63, 3.8) is 0 Å². The summed E-state index contributed by atoms with van der Waals surface area (Å²) in [6.07, 6.45) is 0.985. The fourth-order valence-corrected chi connectivity index (χ4v) is 4.26. The Morgan fingerprint density at radius 1 is 1.35 bits per heavy atom. The highest BCUT2D eigenvalue weighted by Crippen LogP contribution is 2.48. The topological polar surface area (TPSA) is 21.3 Å². The molecule has 0 radical (unpaired) electrons. The van der Waals surface area contributed by atoms with Crippen LogP contribution in [0.1, 0.15) is 45.7 Å². The smallest absolute Gasteiger partial charge is 0.124 e. The molecule has 1 aliphatic heterocycles. The number of hydrogen-bond acceptors (Lipinski definition) is 2. The van der Waals surface area contributed by atoms with Crippen LogP contribution in [0, 0.1) is 15.3 Å². The van der Waals surface area contributed by atoms with E-state index in [2.05, 4.69) is 55.6 Å². The van der Waals surface area contributed by atoms with Crippen molar-refractivity contribution in [2.75, 3.05) is 7.05 Å². The van der Waals surface area contributed by atoms with Crippen LogP contribution in [0.3, 0.4) is 0 Å². The Kier molecular flexibility index (Phi) is 4.48. The molecule has 2 nitrogen and oxygen atoms in total. The maximum Gasteiger partial charge on any atom is 0.124 e. The molecule has 0 saturated carbocycles. The fraction of sp³-hybridized carbons (Fsp3) is 0.625. The Bertz CT molecular complexity index is 501. The Balaban J connectivity index is 2.37. The molecule has 112 valence electrons. The first kappa shape index (κ1) is 16.2. The van der Waals surface area contributed by atoms with Gasteiger partial charge >= 0.3 is 0 Å². The van der Waals surface area contributed by atoms with Crippen molar-refractivity contribution in [3.8, 4) is 0 Å². The first-order chi connectivity index (χ1) is 9.16. The zero-order valence-electron chi connectivity index (χ0n) is 12.8. The van der Waals surface area contributed by atoms with Crippen LogP contribution >= 0.6 is 22.6 Å². The lowest BCUT2D eigenvalue weighted by molar-refractivity contribution is -0.0777. The summed E-state index contributed by atoms with van der Waals surface area (Å²) < 4.78 is 20.5. The molecule has 2 atom stereocenters. The Labute approximate surface area is 134 Å². The summed E-state index contributed by atoms with van der Waals surface area (Å²) in [5.74, 6) is 0.164. The van der Waals surface area contributed by atoms with Gasteiger partial charge in [0.1, 0.15) is 5.82 Å². The first-order valence-corrected chi connectivity index (χ1v) is 8.06. The normalized spacial score (nSPS) is 25.6. The third-order valence-corrected chi connectivity index (χ3v) is 5.09. The van der Waals surface area contributed by atoms with Crippen LogP contribution in [0.2, 0.25) is 0 Å². The minimum absolute atomic E-state index is 0.116. The summed E-state index contributed by atoms with van der Waals surface area (Å²) in [6.45, 7) is 8.56. The SMILES string of the molecule is CNC(c1ccc(F)cc1I)C1CC(C)(C)OC1(C)C. The van der Waals surface area contributed by atoms with Crippen LogP contribution in [-0.4, -0.2) is 18.2 Å². The third kappa shape index (κ3) is 3.17. The molecule has 1 N–H and O–H groups in total. The monoisotopic (exact) mass is 391 g/mol. The van der Waals surface area contributed by atoms with Gasteiger partial charge in [-0.1, -0.05) is 6.07 Å². The van der Waals surface area contributed by atoms with E-state index in [0.717, 1.165) is 15.6 Å². The van der Waals surface area contributed by atoms with Crippen molar-refractivity contribution in [3.05, 3.63) is 33.1 Å². The average Bonchev–Trinajstić information content (AvgIpc) is 2.51. The van der Waals surface area contributed by atoms with Crippen molar-refractivity contribution in [1.29, 1.82) is 0 Å². The second kappa shape index (κ2) is 5.54.